The maximum Gasteiger partial charge on any atom is 0.272 e. The van der Waals surface area contributed by atoms with Crippen LogP contribution in [0.15, 0.2) is 42.0 Å². The molecule has 1 aromatic heterocycles. The molecule has 1 N–H and O–H groups in total. The van der Waals surface area contributed by atoms with Gasteiger partial charge in [0.1, 0.15) is 11.4 Å². The molecule has 4 atom stereocenters. The Balaban J connectivity index is 1.28. The molecule has 4 aliphatic rings. The van der Waals surface area contributed by atoms with Gasteiger partial charge in [-0.2, -0.15) is 5.10 Å². The second kappa shape index (κ2) is 8.07. The van der Waals surface area contributed by atoms with Crippen molar-refractivity contribution in [3.63, 3.8) is 0 Å². The van der Waals surface area contributed by atoms with E-state index in [-0.39, 0.29) is 11.9 Å². The summed E-state index contributed by atoms with van der Waals surface area (Å²) in [4.78, 5) is 18.5. The van der Waals surface area contributed by atoms with Gasteiger partial charge in [-0.15, -0.1) is 0 Å². The average molecular weight is 433 g/mol. The van der Waals surface area contributed by atoms with E-state index in [0.29, 0.717) is 17.5 Å². The van der Waals surface area contributed by atoms with Gasteiger partial charge in [-0.3, -0.25) is 14.8 Å². The van der Waals surface area contributed by atoms with Gasteiger partial charge in [0.25, 0.3) is 5.91 Å². The minimum atomic E-state index is 0.0773. The van der Waals surface area contributed by atoms with Crippen molar-refractivity contribution in [2.75, 3.05) is 26.7 Å². The number of fused-ring (bicyclic) bond motifs is 6. The fourth-order valence-electron chi connectivity index (χ4n) is 6.78. The number of aromatic amines is 1. The summed E-state index contributed by atoms with van der Waals surface area (Å²) < 4.78 is 5.48. The first kappa shape index (κ1) is 20.0. The van der Waals surface area contributed by atoms with E-state index >= 15 is 0 Å². The van der Waals surface area contributed by atoms with Gasteiger partial charge in [0.05, 0.1) is 18.8 Å². The van der Waals surface area contributed by atoms with Crippen LogP contribution in [-0.4, -0.2) is 64.7 Å². The number of carbonyl (C=O) groups is 1. The Labute approximate surface area is 189 Å². The SMILES string of the molecule is COc1ccccc1-c1cc(C(=O)N2CCCC3=C[C@H]4C[C@@H](CN5CCCC[C@H]45)[C@@H]32)[nH]n1. The fraction of sp³-hybridized carbons (Fsp3) is 0.538. The third-order valence-corrected chi connectivity index (χ3v) is 8.11. The molecule has 4 heterocycles. The zero-order valence-electron chi connectivity index (χ0n) is 18.8. The molecule has 6 nitrogen and oxygen atoms in total. The summed E-state index contributed by atoms with van der Waals surface area (Å²) in [5, 5.41) is 7.48. The quantitative estimate of drug-likeness (QED) is 0.741. The van der Waals surface area contributed by atoms with Crippen molar-refractivity contribution in [3.8, 4) is 17.0 Å². The number of carbonyl (C=O) groups excluding carboxylic acids is 1. The van der Waals surface area contributed by atoms with Gasteiger partial charge < -0.3 is 9.64 Å². The molecule has 1 aromatic carbocycles. The molecule has 0 saturated carbocycles. The van der Waals surface area contributed by atoms with Gasteiger partial charge in [0.15, 0.2) is 0 Å². The molecular formula is C26H32N4O2. The summed E-state index contributed by atoms with van der Waals surface area (Å²) in [7, 11) is 1.66. The topological polar surface area (TPSA) is 61.5 Å². The number of para-hydroxylation sites is 1. The number of nitrogens with zero attached hydrogens (tertiary/aromatic N) is 3. The Hall–Kier alpha value is -2.60. The number of aromatic nitrogens is 2. The lowest BCUT2D eigenvalue weighted by Crippen LogP contribution is -2.60. The Morgan fingerprint density at radius 1 is 1.19 bits per heavy atom. The number of methoxy groups -OCH3 is 1. The summed E-state index contributed by atoms with van der Waals surface area (Å²) in [5.74, 6) is 2.07. The largest absolute Gasteiger partial charge is 0.496 e. The van der Waals surface area contributed by atoms with Gasteiger partial charge in [-0.25, -0.2) is 0 Å². The fourth-order valence-corrected chi connectivity index (χ4v) is 6.78. The van der Waals surface area contributed by atoms with Crippen molar-refractivity contribution in [2.24, 2.45) is 11.8 Å². The molecule has 3 fully saturated rings. The molecule has 0 radical (unpaired) electrons. The molecule has 2 bridgehead atoms. The molecule has 3 aliphatic heterocycles. The van der Waals surface area contributed by atoms with Crippen molar-refractivity contribution in [3.05, 3.63) is 47.7 Å². The first-order valence-corrected chi connectivity index (χ1v) is 12.2. The first-order chi connectivity index (χ1) is 15.7. The first-order valence-electron chi connectivity index (χ1n) is 12.2. The molecule has 0 unspecified atom stereocenters. The number of likely N-dealkylation sites (tertiary alicyclic amines) is 1. The third kappa shape index (κ3) is 3.27. The van der Waals surface area contributed by atoms with Crippen LogP contribution in [0.5, 0.6) is 5.75 Å². The van der Waals surface area contributed by atoms with Gasteiger partial charge in [-0.1, -0.05) is 30.2 Å². The predicted octanol–water partition coefficient (Wildman–Crippen LogP) is 4.12. The number of hydrogen-bond donors (Lipinski definition) is 1. The molecule has 0 spiro atoms. The van der Waals surface area contributed by atoms with Crippen molar-refractivity contribution >= 4 is 5.91 Å². The van der Waals surface area contributed by atoms with Crippen LogP contribution in [0.2, 0.25) is 0 Å². The van der Waals surface area contributed by atoms with Crippen LogP contribution in [0.4, 0.5) is 0 Å². The van der Waals surface area contributed by atoms with Gasteiger partial charge in [0.2, 0.25) is 0 Å². The highest BCUT2D eigenvalue weighted by atomic mass is 16.5. The Bertz CT molecular complexity index is 1040. The van der Waals surface area contributed by atoms with Gasteiger partial charge >= 0.3 is 0 Å². The molecule has 6 heteroatoms. The molecule has 168 valence electrons. The average Bonchev–Trinajstić information content (AvgIpc) is 3.33. The highest BCUT2D eigenvalue weighted by Crippen LogP contribution is 2.45. The van der Waals surface area contributed by atoms with Crippen LogP contribution in [0.25, 0.3) is 11.3 Å². The number of benzene rings is 1. The summed E-state index contributed by atoms with van der Waals surface area (Å²) >= 11 is 0. The normalized spacial score (nSPS) is 29.7. The Morgan fingerprint density at radius 2 is 2.09 bits per heavy atom. The number of nitrogens with one attached hydrogen (secondary N) is 1. The van der Waals surface area contributed by atoms with E-state index in [1.807, 2.05) is 30.3 Å². The van der Waals surface area contributed by atoms with E-state index in [1.54, 1.807) is 7.11 Å². The van der Waals surface area contributed by atoms with Gasteiger partial charge in [0, 0.05) is 24.7 Å². The number of hydrogen-bond acceptors (Lipinski definition) is 4. The van der Waals surface area contributed by atoms with Crippen molar-refractivity contribution in [1.29, 1.82) is 0 Å². The van der Waals surface area contributed by atoms with Crippen LogP contribution in [0.3, 0.4) is 0 Å². The van der Waals surface area contributed by atoms with E-state index in [1.165, 1.54) is 37.8 Å². The van der Waals surface area contributed by atoms with E-state index in [9.17, 15) is 4.79 Å². The molecule has 6 rings (SSSR count). The summed E-state index contributed by atoms with van der Waals surface area (Å²) in [5.41, 5.74) is 3.73. The second-order valence-corrected chi connectivity index (χ2v) is 9.87. The minimum Gasteiger partial charge on any atom is -0.496 e. The lowest BCUT2D eigenvalue weighted by atomic mass is 9.68. The monoisotopic (exact) mass is 432 g/mol. The lowest BCUT2D eigenvalue weighted by molar-refractivity contribution is 0.00131. The maximum atomic E-state index is 13.7. The van der Waals surface area contributed by atoms with E-state index in [0.717, 1.165) is 49.0 Å². The van der Waals surface area contributed by atoms with Crippen molar-refractivity contribution in [1.82, 2.24) is 20.0 Å². The van der Waals surface area contributed by atoms with Crippen molar-refractivity contribution < 1.29 is 9.53 Å². The van der Waals surface area contributed by atoms with E-state index in [2.05, 4.69) is 26.1 Å². The smallest absolute Gasteiger partial charge is 0.272 e. The standard InChI is InChI=1S/C26H32N4O2/c1-32-24-10-3-2-8-20(24)21-15-22(28-27-21)26(31)30-12-6-7-17-13-18-14-19(25(17)30)16-29-11-5-4-9-23(18)29/h2-3,8,10,13,15,18-19,23,25H,4-7,9,11-12,14,16H2,1H3,(H,27,28)/t18-,19-,23+,25+/m0/s1. The third-order valence-electron chi connectivity index (χ3n) is 8.11. The Kier molecular flexibility index (Phi) is 5.05. The summed E-state index contributed by atoms with van der Waals surface area (Å²) in [6, 6.07) is 10.7. The minimum absolute atomic E-state index is 0.0773. The van der Waals surface area contributed by atoms with Gasteiger partial charge in [-0.05, 0) is 68.7 Å². The molecule has 1 aliphatic carbocycles. The maximum absolute atomic E-state index is 13.7. The molecule has 3 saturated heterocycles. The van der Waals surface area contributed by atoms with Crippen molar-refractivity contribution in [2.45, 2.75) is 50.6 Å². The number of rotatable bonds is 3. The zero-order chi connectivity index (χ0) is 21.7. The lowest BCUT2D eigenvalue weighted by Gasteiger charge is -2.54. The van der Waals surface area contributed by atoms with Crippen LogP contribution in [0, 0.1) is 11.8 Å². The molecule has 1 amide bonds. The van der Waals surface area contributed by atoms with E-state index in [4.69, 9.17) is 4.74 Å². The van der Waals surface area contributed by atoms with E-state index < -0.39 is 0 Å². The summed E-state index contributed by atoms with van der Waals surface area (Å²) in [6.07, 6.45) is 10.0. The van der Waals surface area contributed by atoms with Crippen LogP contribution >= 0.6 is 0 Å². The zero-order valence-corrected chi connectivity index (χ0v) is 18.8. The molecule has 2 aromatic rings. The molecular weight excluding hydrogens is 400 g/mol. The molecule has 32 heavy (non-hydrogen) atoms. The summed E-state index contributed by atoms with van der Waals surface area (Å²) in [6.45, 7) is 3.20. The number of H-pyrrole nitrogens is 1. The number of piperidine rings is 3. The number of ether oxygens (including phenoxy) is 1. The van der Waals surface area contributed by atoms with Crippen LogP contribution < -0.4 is 4.74 Å². The predicted molar refractivity (Wildman–Crippen MR) is 124 cm³/mol. The second-order valence-electron chi connectivity index (χ2n) is 9.87. The van der Waals surface area contributed by atoms with Crippen LogP contribution in [-0.2, 0) is 0 Å². The van der Waals surface area contributed by atoms with Crippen LogP contribution in [0.1, 0.15) is 49.0 Å². The highest BCUT2D eigenvalue weighted by Gasteiger charge is 2.47. The highest BCUT2D eigenvalue weighted by molar-refractivity contribution is 5.94. The number of amides is 1. The Morgan fingerprint density at radius 3 is 3.00 bits per heavy atom.